The second-order valence-corrected chi connectivity index (χ2v) is 4.18. The molecule has 0 aromatic heterocycles. The normalized spacial score (nSPS) is 16.6. The van der Waals surface area contributed by atoms with Crippen molar-refractivity contribution in [1.82, 2.24) is 5.32 Å². The average molecular weight is 248 g/mol. The molecule has 5 heteroatoms. The fraction of sp³-hybridized carbons (Fsp3) is 0.385. The van der Waals surface area contributed by atoms with Crippen LogP contribution in [0, 0.1) is 0 Å². The van der Waals surface area contributed by atoms with Crippen molar-refractivity contribution in [2.75, 3.05) is 19.0 Å². The van der Waals surface area contributed by atoms with Gasteiger partial charge in [-0.15, -0.1) is 0 Å². The number of methoxy groups -OCH3 is 1. The molecule has 1 atom stereocenters. The summed E-state index contributed by atoms with van der Waals surface area (Å²) in [5.41, 5.74) is 2.15. The maximum atomic E-state index is 11.9. The first kappa shape index (κ1) is 12.4. The number of esters is 1. The van der Waals surface area contributed by atoms with Crippen molar-refractivity contribution in [3.63, 3.8) is 0 Å². The number of nitrogens with one attached hydrogen (secondary N) is 2. The summed E-state index contributed by atoms with van der Waals surface area (Å²) < 4.78 is 4.50. The van der Waals surface area contributed by atoms with E-state index >= 15 is 0 Å². The van der Waals surface area contributed by atoms with Crippen LogP contribution >= 0.6 is 0 Å². The number of anilines is 1. The number of rotatable bonds is 4. The standard InChI is InChI=1S/C13H16N2O3/c1-18-12(16)6-7-14-13(17)11-8-9-4-2-3-5-10(9)15-11/h2-5,11,15H,6-8H2,1H3,(H,14,17)/t11-/m0/s1. The first-order valence-electron chi connectivity index (χ1n) is 5.89. The van der Waals surface area contributed by atoms with Gasteiger partial charge in [-0.3, -0.25) is 9.59 Å². The van der Waals surface area contributed by atoms with E-state index in [1.54, 1.807) is 0 Å². The second kappa shape index (κ2) is 5.53. The Morgan fingerprint density at radius 2 is 2.22 bits per heavy atom. The molecule has 0 spiro atoms. The molecule has 0 aliphatic carbocycles. The maximum Gasteiger partial charge on any atom is 0.307 e. The van der Waals surface area contributed by atoms with Gasteiger partial charge in [-0.05, 0) is 11.6 Å². The third kappa shape index (κ3) is 2.80. The Morgan fingerprint density at radius 3 is 2.94 bits per heavy atom. The predicted octanol–water partition coefficient (Wildman–Crippen LogP) is 0.702. The van der Waals surface area contributed by atoms with Crippen LogP contribution in [0.25, 0.3) is 0 Å². The van der Waals surface area contributed by atoms with Gasteiger partial charge in [0.2, 0.25) is 5.91 Å². The first-order valence-corrected chi connectivity index (χ1v) is 5.89. The van der Waals surface area contributed by atoms with E-state index in [2.05, 4.69) is 15.4 Å². The highest BCUT2D eigenvalue weighted by Crippen LogP contribution is 2.24. The number of benzene rings is 1. The van der Waals surface area contributed by atoms with Gasteiger partial charge in [0.25, 0.3) is 0 Å². The number of para-hydroxylation sites is 1. The van der Waals surface area contributed by atoms with Crippen LogP contribution in [0.1, 0.15) is 12.0 Å². The lowest BCUT2D eigenvalue weighted by Gasteiger charge is -2.11. The Balaban J connectivity index is 1.81. The fourth-order valence-corrected chi connectivity index (χ4v) is 1.97. The number of hydrogen-bond donors (Lipinski definition) is 2. The number of carbonyl (C=O) groups is 2. The van der Waals surface area contributed by atoms with Gasteiger partial charge in [-0.25, -0.2) is 0 Å². The lowest BCUT2D eigenvalue weighted by Crippen LogP contribution is -2.39. The minimum Gasteiger partial charge on any atom is -0.469 e. The van der Waals surface area contributed by atoms with Gasteiger partial charge in [0.15, 0.2) is 0 Å². The molecule has 1 aromatic rings. The van der Waals surface area contributed by atoms with Crippen LogP contribution in [0.4, 0.5) is 5.69 Å². The summed E-state index contributed by atoms with van der Waals surface area (Å²) in [6.07, 6.45) is 0.877. The summed E-state index contributed by atoms with van der Waals surface area (Å²) >= 11 is 0. The minimum atomic E-state index is -0.321. The van der Waals surface area contributed by atoms with Crippen LogP contribution in [0.3, 0.4) is 0 Å². The van der Waals surface area contributed by atoms with Crippen LogP contribution in [0.2, 0.25) is 0 Å². The largest absolute Gasteiger partial charge is 0.469 e. The third-order valence-electron chi connectivity index (χ3n) is 2.94. The number of carbonyl (C=O) groups excluding carboxylic acids is 2. The molecule has 2 N–H and O–H groups in total. The van der Waals surface area contributed by atoms with Gasteiger partial charge in [-0.2, -0.15) is 0 Å². The maximum absolute atomic E-state index is 11.9. The topological polar surface area (TPSA) is 67.4 Å². The van der Waals surface area contributed by atoms with Crippen LogP contribution in [0.5, 0.6) is 0 Å². The molecule has 2 rings (SSSR count). The lowest BCUT2D eigenvalue weighted by molar-refractivity contribution is -0.140. The smallest absolute Gasteiger partial charge is 0.307 e. The highest BCUT2D eigenvalue weighted by atomic mass is 16.5. The molecule has 1 aromatic carbocycles. The van der Waals surface area contributed by atoms with Gasteiger partial charge in [0, 0.05) is 18.7 Å². The molecular weight excluding hydrogens is 232 g/mol. The summed E-state index contributed by atoms with van der Waals surface area (Å²) in [6, 6.07) is 7.60. The third-order valence-corrected chi connectivity index (χ3v) is 2.94. The van der Waals surface area contributed by atoms with Gasteiger partial charge < -0.3 is 15.4 Å². The summed E-state index contributed by atoms with van der Waals surface area (Å²) in [6.45, 7) is 0.306. The fourth-order valence-electron chi connectivity index (χ4n) is 1.97. The van der Waals surface area contributed by atoms with Crippen molar-refractivity contribution in [1.29, 1.82) is 0 Å². The zero-order chi connectivity index (χ0) is 13.0. The molecule has 0 saturated heterocycles. The Labute approximate surface area is 106 Å². The lowest BCUT2D eigenvalue weighted by atomic mass is 10.1. The first-order chi connectivity index (χ1) is 8.70. The molecule has 18 heavy (non-hydrogen) atoms. The molecule has 1 heterocycles. The monoisotopic (exact) mass is 248 g/mol. The molecule has 5 nitrogen and oxygen atoms in total. The second-order valence-electron chi connectivity index (χ2n) is 4.18. The Bertz CT molecular complexity index is 434. The van der Waals surface area contributed by atoms with Crippen molar-refractivity contribution in [3.05, 3.63) is 29.8 Å². The summed E-state index contributed by atoms with van der Waals surface area (Å²) in [4.78, 5) is 22.8. The van der Waals surface area contributed by atoms with E-state index in [1.807, 2.05) is 24.3 Å². The molecule has 0 radical (unpaired) electrons. The highest BCUT2D eigenvalue weighted by Gasteiger charge is 2.25. The summed E-state index contributed by atoms with van der Waals surface area (Å²) in [5.74, 6) is -0.409. The molecule has 1 aliphatic heterocycles. The molecule has 1 amide bonds. The SMILES string of the molecule is COC(=O)CCNC(=O)[C@@H]1Cc2ccccc2N1. The number of hydrogen-bond acceptors (Lipinski definition) is 4. The molecule has 0 saturated carbocycles. The molecular formula is C13H16N2O3. The van der Waals surface area contributed by atoms with Crippen molar-refractivity contribution < 1.29 is 14.3 Å². The van der Waals surface area contributed by atoms with E-state index in [0.717, 1.165) is 11.3 Å². The van der Waals surface area contributed by atoms with E-state index in [0.29, 0.717) is 13.0 Å². The van der Waals surface area contributed by atoms with E-state index in [1.165, 1.54) is 7.11 Å². The average Bonchev–Trinajstić information content (AvgIpc) is 2.82. The Kier molecular flexibility index (Phi) is 3.82. The van der Waals surface area contributed by atoms with Crippen LogP contribution in [-0.4, -0.2) is 31.6 Å². The summed E-state index contributed by atoms with van der Waals surface area (Å²) in [7, 11) is 1.33. The Morgan fingerprint density at radius 1 is 1.44 bits per heavy atom. The minimum absolute atomic E-state index is 0.0879. The summed E-state index contributed by atoms with van der Waals surface area (Å²) in [5, 5.41) is 5.88. The van der Waals surface area contributed by atoms with Crippen molar-refractivity contribution in [2.45, 2.75) is 18.9 Å². The van der Waals surface area contributed by atoms with Gasteiger partial charge in [0.1, 0.15) is 6.04 Å². The van der Waals surface area contributed by atoms with Crippen molar-refractivity contribution >= 4 is 17.6 Å². The molecule has 0 fully saturated rings. The van der Waals surface area contributed by atoms with E-state index in [4.69, 9.17) is 0 Å². The molecule has 0 bridgehead atoms. The van der Waals surface area contributed by atoms with Crippen LogP contribution in [0.15, 0.2) is 24.3 Å². The van der Waals surface area contributed by atoms with E-state index in [9.17, 15) is 9.59 Å². The predicted molar refractivity (Wildman–Crippen MR) is 67.2 cm³/mol. The zero-order valence-electron chi connectivity index (χ0n) is 10.2. The van der Waals surface area contributed by atoms with Crippen LogP contribution < -0.4 is 10.6 Å². The quantitative estimate of drug-likeness (QED) is 0.770. The van der Waals surface area contributed by atoms with Gasteiger partial charge in [-0.1, -0.05) is 18.2 Å². The van der Waals surface area contributed by atoms with Crippen molar-refractivity contribution in [3.8, 4) is 0 Å². The number of amides is 1. The molecule has 0 unspecified atom stereocenters. The highest BCUT2D eigenvalue weighted by molar-refractivity contribution is 5.87. The molecule has 96 valence electrons. The Hall–Kier alpha value is -2.04. The van der Waals surface area contributed by atoms with Crippen molar-refractivity contribution in [2.24, 2.45) is 0 Å². The van der Waals surface area contributed by atoms with Gasteiger partial charge >= 0.3 is 5.97 Å². The van der Waals surface area contributed by atoms with E-state index in [-0.39, 0.29) is 24.3 Å². The molecule has 1 aliphatic rings. The van der Waals surface area contributed by atoms with Gasteiger partial charge in [0.05, 0.1) is 13.5 Å². The zero-order valence-corrected chi connectivity index (χ0v) is 10.2. The number of fused-ring (bicyclic) bond motifs is 1. The van der Waals surface area contributed by atoms with E-state index < -0.39 is 0 Å². The van der Waals surface area contributed by atoms with Crippen LogP contribution in [-0.2, 0) is 20.7 Å². The number of ether oxygens (including phenoxy) is 1.